The maximum atomic E-state index is 12.6. The summed E-state index contributed by atoms with van der Waals surface area (Å²) in [6.07, 6.45) is 7.80. The van der Waals surface area contributed by atoms with Gasteiger partial charge in [-0.2, -0.15) is 0 Å². The standard InChI is InChI=1S/C22H26N2O5S/c1-24(22(27)14-8-16-7-13-20(25)21(26)15-16)18-9-11-19(12-10-18)30(28,29)23-17-5-3-2-4-6-17/h7-15,17,23,25-26H,2-6H2,1H3/b14-8+. The molecule has 0 unspecified atom stereocenters. The lowest BCUT2D eigenvalue weighted by Gasteiger charge is -2.22. The number of carbonyl (C=O) groups excluding carboxylic acids is 1. The lowest BCUT2D eigenvalue weighted by Crippen LogP contribution is -2.36. The highest BCUT2D eigenvalue weighted by atomic mass is 32.2. The average molecular weight is 431 g/mol. The highest BCUT2D eigenvalue weighted by Gasteiger charge is 2.22. The van der Waals surface area contributed by atoms with Crippen molar-refractivity contribution in [3.8, 4) is 11.5 Å². The Morgan fingerprint density at radius 3 is 2.33 bits per heavy atom. The minimum atomic E-state index is -3.59. The van der Waals surface area contributed by atoms with E-state index in [1.165, 1.54) is 41.3 Å². The topological polar surface area (TPSA) is 107 Å². The van der Waals surface area contributed by atoms with Crippen LogP contribution in [0.2, 0.25) is 0 Å². The van der Waals surface area contributed by atoms with E-state index >= 15 is 0 Å². The van der Waals surface area contributed by atoms with Crippen molar-refractivity contribution in [2.24, 2.45) is 0 Å². The van der Waals surface area contributed by atoms with Crippen LogP contribution in [0.3, 0.4) is 0 Å². The van der Waals surface area contributed by atoms with E-state index in [1.54, 1.807) is 25.2 Å². The number of hydrogen-bond acceptors (Lipinski definition) is 5. The van der Waals surface area contributed by atoms with Gasteiger partial charge in [-0.05, 0) is 60.9 Å². The first-order valence-electron chi connectivity index (χ1n) is 9.86. The van der Waals surface area contributed by atoms with E-state index in [1.807, 2.05) is 0 Å². The zero-order valence-corrected chi connectivity index (χ0v) is 17.6. The molecule has 1 fully saturated rings. The van der Waals surface area contributed by atoms with Gasteiger partial charge in [0.25, 0.3) is 5.91 Å². The number of phenols is 2. The monoisotopic (exact) mass is 430 g/mol. The summed E-state index contributed by atoms with van der Waals surface area (Å²) >= 11 is 0. The SMILES string of the molecule is CN(C(=O)/C=C/c1ccc(O)c(O)c1)c1ccc(S(=O)(=O)NC2CCCCC2)cc1. The molecule has 0 radical (unpaired) electrons. The molecule has 0 spiro atoms. The van der Waals surface area contributed by atoms with Gasteiger partial charge in [0.2, 0.25) is 10.0 Å². The molecular formula is C22H26N2O5S. The Kier molecular flexibility index (Phi) is 6.79. The second kappa shape index (κ2) is 9.32. The summed E-state index contributed by atoms with van der Waals surface area (Å²) in [5.74, 6) is -0.821. The van der Waals surface area contributed by atoms with Crippen LogP contribution >= 0.6 is 0 Å². The second-order valence-electron chi connectivity index (χ2n) is 7.43. The quantitative estimate of drug-likeness (QED) is 0.481. The molecule has 3 rings (SSSR count). The van der Waals surface area contributed by atoms with E-state index in [0.717, 1.165) is 32.1 Å². The van der Waals surface area contributed by atoms with Crippen LogP contribution in [0.1, 0.15) is 37.7 Å². The normalized spacial score (nSPS) is 15.4. The van der Waals surface area contributed by atoms with Crippen LogP contribution in [0, 0.1) is 0 Å². The number of amides is 1. The molecular weight excluding hydrogens is 404 g/mol. The van der Waals surface area contributed by atoms with Crippen molar-refractivity contribution < 1.29 is 23.4 Å². The van der Waals surface area contributed by atoms with Gasteiger partial charge in [-0.25, -0.2) is 13.1 Å². The van der Waals surface area contributed by atoms with E-state index in [2.05, 4.69) is 4.72 Å². The van der Waals surface area contributed by atoms with Gasteiger partial charge < -0.3 is 15.1 Å². The van der Waals surface area contributed by atoms with Gasteiger partial charge in [0, 0.05) is 24.9 Å². The van der Waals surface area contributed by atoms with Crippen molar-refractivity contribution in [3.63, 3.8) is 0 Å². The van der Waals surface area contributed by atoms with Gasteiger partial charge in [0.15, 0.2) is 11.5 Å². The zero-order valence-electron chi connectivity index (χ0n) is 16.8. The number of rotatable bonds is 6. The Balaban J connectivity index is 1.66. The molecule has 0 aromatic heterocycles. The number of likely N-dealkylation sites (N-methyl/N-ethyl adjacent to an activating group) is 1. The summed E-state index contributed by atoms with van der Waals surface area (Å²) in [4.78, 5) is 14.0. The van der Waals surface area contributed by atoms with Crippen molar-refractivity contribution in [1.29, 1.82) is 0 Å². The molecule has 8 heteroatoms. The van der Waals surface area contributed by atoms with Crippen molar-refractivity contribution in [2.45, 2.75) is 43.0 Å². The van der Waals surface area contributed by atoms with Crippen LogP contribution in [0.4, 0.5) is 5.69 Å². The van der Waals surface area contributed by atoms with E-state index in [-0.39, 0.29) is 28.3 Å². The molecule has 3 N–H and O–H groups in total. The van der Waals surface area contributed by atoms with Gasteiger partial charge in [0.1, 0.15) is 0 Å². The van der Waals surface area contributed by atoms with Gasteiger partial charge >= 0.3 is 0 Å². The van der Waals surface area contributed by atoms with Crippen LogP contribution in [-0.4, -0.2) is 37.6 Å². The fraction of sp³-hybridized carbons (Fsp3) is 0.318. The molecule has 30 heavy (non-hydrogen) atoms. The number of phenolic OH excluding ortho intramolecular Hbond substituents is 2. The maximum Gasteiger partial charge on any atom is 0.250 e. The second-order valence-corrected chi connectivity index (χ2v) is 9.14. The predicted octanol–water partition coefficient (Wildman–Crippen LogP) is 3.39. The first-order chi connectivity index (χ1) is 14.3. The lowest BCUT2D eigenvalue weighted by molar-refractivity contribution is -0.113. The molecule has 0 heterocycles. The Morgan fingerprint density at radius 2 is 1.70 bits per heavy atom. The van der Waals surface area contributed by atoms with Gasteiger partial charge in [0.05, 0.1) is 4.90 Å². The average Bonchev–Trinajstić information content (AvgIpc) is 2.74. The lowest BCUT2D eigenvalue weighted by atomic mass is 9.96. The molecule has 0 saturated heterocycles. The molecule has 0 aliphatic heterocycles. The Morgan fingerprint density at radius 1 is 1.03 bits per heavy atom. The number of benzene rings is 2. The number of hydrogen-bond donors (Lipinski definition) is 3. The van der Waals surface area contributed by atoms with E-state index in [0.29, 0.717) is 11.3 Å². The van der Waals surface area contributed by atoms with Crippen molar-refractivity contribution in [2.75, 3.05) is 11.9 Å². The van der Waals surface area contributed by atoms with Crippen LogP contribution in [-0.2, 0) is 14.8 Å². The van der Waals surface area contributed by atoms with Gasteiger partial charge in [-0.3, -0.25) is 4.79 Å². The van der Waals surface area contributed by atoms with Crippen molar-refractivity contribution >= 4 is 27.7 Å². The smallest absolute Gasteiger partial charge is 0.250 e. The van der Waals surface area contributed by atoms with Crippen LogP contribution in [0.25, 0.3) is 6.08 Å². The van der Waals surface area contributed by atoms with E-state index in [9.17, 15) is 23.4 Å². The summed E-state index contributed by atoms with van der Waals surface area (Å²) in [6.45, 7) is 0. The fourth-order valence-electron chi connectivity index (χ4n) is 3.41. The molecule has 2 aromatic carbocycles. The largest absolute Gasteiger partial charge is 0.504 e. The summed E-state index contributed by atoms with van der Waals surface area (Å²) in [5.41, 5.74) is 1.11. The molecule has 1 aliphatic rings. The van der Waals surface area contributed by atoms with Crippen molar-refractivity contribution in [3.05, 3.63) is 54.1 Å². The number of nitrogens with one attached hydrogen (secondary N) is 1. The first-order valence-corrected chi connectivity index (χ1v) is 11.3. The van der Waals surface area contributed by atoms with Crippen LogP contribution < -0.4 is 9.62 Å². The van der Waals surface area contributed by atoms with E-state index < -0.39 is 10.0 Å². The van der Waals surface area contributed by atoms with Gasteiger partial charge in [-0.15, -0.1) is 0 Å². The Labute approximate surface area is 176 Å². The first kappa shape index (κ1) is 21.9. The number of aromatic hydroxyl groups is 2. The molecule has 7 nitrogen and oxygen atoms in total. The molecule has 1 amide bonds. The molecule has 2 aromatic rings. The Hall–Kier alpha value is -2.84. The third-order valence-corrected chi connectivity index (χ3v) is 6.75. The maximum absolute atomic E-state index is 12.6. The predicted molar refractivity (Wildman–Crippen MR) is 116 cm³/mol. The van der Waals surface area contributed by atoms with Gasteiger partial charge in [-0.1, -0.05) is 25.3 Å². The third-order valence-electron chi connectivity index (χ3n) is 5.21. The zero-order chi connectivity index (χ0) is 21.7. The molecule has 1 saturated carbocycles. The number of nitrogens with zero attached hydrogens (tertiary/aromatic N) is 1. The summed E-state index contributed by atoms with van der Waals surface area (Å²) < 4.78 is 27.9. The molecule has 160 valence electrons. The number of anilines is 1. The highest BCUT2D eigenvalue weighted by molar-refractivity contribution is 7.89. The van der Waals surface area contributed by atoms with Crippen molar-refractivity contribution in [1.82, 2.24) is 4.72 Å². The number of sulfonamides is 1. The van der Waals surface area contributed by atoms with Crippen LogP contribution in [0.5, 0.6) is 11.5 Å². The van der Waals surface area contributed by atoms with Crippen LogP contribution in [0.15, 0.2) is 53.4 Å². The Bertz CT molecular complexity index is 1030. The fourth-order valence-corrected chi connectivity index (χ4v) is 4.71. The molecule has 1 aliphatic carbocycles. The minimum Gasteiger partial charge on any atom is -0.504 e. The highest BCUT2D eigenvalue weighted by Crippen LogP contribution is 2.26. The summed E-state index contributed by atoms with van der Waals surface area (Å²) in [5, 5.41) is 18.8. The number of carbonyl (C=O) groups is 1. The third kappa shape index (κ3) is 5.40. The summed E-state index contributed by atoms with van der Waals surface area (Å²) in [7, 11) is -2.00. The minimum absolute atomic E-state index is 0.0165. The molecule has 0 atom stereocenters. The van der Waals surface area contributed by atoms with E-state index in [4.69, 9.17) is 0 Å². The molecule has 0 bridgehead atoms. The summed E-state index contributed by atoms with van der Waals surface area (Å²) in [6, 6.07) is 10.4.